The van der Waals surface area contributed by atoms with Crippen LogP contribution in [-0.4, -0.2) is 46.3 Å². The van der Waals surface area contributed by atoms with E-state index in [9.17, 15) is 21.6 Å². The molecule has 3 rings (SSSR count). The Hall–Kier alpha value is -1.36. The maximum absolute atomic E-state index is 13.2. The van der Waals surface area contributed by atoms with Crippen molar-refractivity contribution in [2.45, 2.75) is 82.6 Å². The number of rotatable bonds is 7. The minimum atomic E-state index is -3.66. The second-order valence-corrected chi connectivity index (χ2v) is 14.5. The molecule has 12 heteroatoms. The third-order valence-electron chi connectivity index (χ3n) is 6.32. The minimum Gasteiger partial charge on any atom is -0.466 e. The first-order chi connectivity index (χ1) is 17.6. The predicted molar refractivity (Wildman–Crippen MR) is 152 cm³/mol. The number of carbonyl (C=O) groups excluding carboxylic acids is 1. The summed E-state index contributed by atoms with van der Waals surface area (Å²) in [6.45, 7) is 9.53. The van der Waals surface area contributed by atoms with Crippen molar-refractivity contribution in [1.82, 2.24) is 4.31 Å². The molecular formula is C26H34Cl3NO6S2. The van der Waals surface area contributed by atoms with Gasteiger partial charge >= 0.3 is 5.97 Å². The largest absolute Gasteiger partial charge is 0.466 e. The Bertz CT molecular complexity index is 1380. The molecule has 0 amide bonds. The van der Waals surface area contributed by atoms with Crippen LogP contribution in [-0.2, 0) is 28.6 Å². The summed E-state index contributed by atoms with van der Waals surface area (Å²) in [4.78, 5) is 12.1. The molecule has 1 atom stereocenters. The van der Waals surface area contributed by atoms with E-state index >= 15 is 0 Å². The van der Waals surface area contributed by atoms with Crippen molar-refractivity contribution >= 4 is 58.9 Å². The Balaban J connectivity index is 0.000000328. The van der Waals surface area contributed by atoms with Gasteiger partial charge in [0.1, 0.15) is 0 Å². The van der Waals surface area contributed by atoms with E-state index in [0.29, 0.717) is 51.2 Å². The predicted octanol–water partition coefficient (Wildman–Crippen LogP) is 6.73. The van der Waals surface area contributed by atoms with E-state index < -0.39 is 19.1 Å². The van der Waals surface area contributed by atoms with Crippen LogP contribution in [0.25, 0.3) is 0 Å². The fraction of sp³-hybridized carbons (Fsp3) is 0.500. The summed E-state index contributed by atoms with van der Waals surface area (Å²) in [5, 5.41) is 1.11. The van der Waals surface area contributed by atoms with Crippen molar-refractivity contribution in [1.29, 1.82) is 0 Å². The topological polar surface area (TPSA) is 97.8 Å². The highest BCUT2D eigenvalue weighted by molar-refractivity contribution is 8.13. The summed E-state index contributed by atoms with van der Waals surface area (Å²) in [5.41, 5.74) is 2.65. The summed E-state index contributed by atoms with van der Waals surface area (Å²) in [5.74, 6) is -0.274. The van der Waals surface area contributed by atoms with Crippen LogP contribution in [0.2, 0.25) is 10.0 Å². The maximum Gasteiger partial charge on any atom is 0.305 e. The summed E-state index contributed by atoms with van der Waals surface area (Å²) < 4.78 is 55.0. The number of hydrogen-bond donors (Lipinski definition) is 0. The molecule has 1 unspecified atom stereocenters. The lowest BCUT2D eigenvalue weighted by Crippen LogP contribution is -2.44. The molecule has 0 bridgehead atoms. The molecule has 1 aliphatic rings. The zero-order valence-electron chi connectivity index (χ0n) is 22.2. The summed E-state index contributed by atoms with van der Waals surface area (Å²) in [7, 11) is -2.06. The van der Waals surface area contributed by atoms with Crippen molar-refractivity contribution in [2.75, 3.05) is 13.2 Å². The number of aryl methyl sites for hydroxylation is 4. The van der Waals surface area contributed by atoms with E-state index in [1.807, 2.05) is 0 Å². The molecule has 0 aliphatic carbocycles. The van der Waals surface area contributed by atoms with E-state index in [0.717, 1.165) is 24.8 Å². The van der Waals surface area contributed by atoms with Gasteiger partial charge in [-0.15, -0.1) is 0 Å². The van der Waals surface area contributed by atoms with Crippen molar-refractivity contribution in [2.24, 2.45) is 0 Å². The highest BCUT2D eigenvalue weighted by Gasteiger charge is 2.34. The number of piperidine rings is 1. The molecule has 0 N–H and O–H groups in total. The molecule has 212 valence electrons. The van der Waals surface area contributed by atoms with Gasteiger partial charge in [0.2, 0.25) is 10.0 Å². The number of esters is 1. The molecule has 1 aliphatic heterocycles. The average Bonchev–Trinajstić information content (AvgIpc) is 2.82. The molecule has 0 saturated carbocycles. The Morgan fingerprint density at radius 1 is 0.895 bits per heavy atom. The highest BCUT2D eigenvalue weighted by atomic mass is 35.7. The minimum absolute atomic E-state index is 0.121. The lowest BCUT2D eigenvalue weighted by atomic mass is 10.0. The Kier molecular flexibility index (Phi) is 11.9. The second-order valence-electron chi connectivity index (χ2n) is 9.28. The molecule has 7 nitrogen and oxygen atoms in total. The van der Waals surface area contributed by atoms with Gasteiger partial charge in [-0.1, -0.05) is 29.6 Å². The molecule has 38 heavy (non-hydrogen) atoms. The quantitative estimate of drug-likeness (QED) is 0.250. The number of nitrogens with zero attached hydrogens (tertiary/aromatic N) is 1. The third kappa shape index (κ3) is 8.57. The van der Waals surface area contributed by atoms with E-state index in [-0.39, 0.29) is 23.3 Å². The van der Waals surface area contributed by atoms with Crippen molar-refractivity contribution < 1.29 is 26.4 Å². The van der Waals surface area contributed by atoms with Gasteiger partial charge in [-0.05, 0) is 100 Å². The van der Waals surface area contributed by atoms with Crippen molar-refractivity contribution in [3.05, 3.63) is 56.6 Å². The van der Waals surface area contributed by atoms with Gasteiger partial charge in [0.05, 0.1) is 16.4 Å². The van der Waals surface area contributed by atoms with E-state index in [4.69, 9.17) is 38.6 Å². The van der Waals surface area contributed by atoms with E-state index in [1.54, 1.807) is 57.1 Å². The normalized spacial score (nSPS) is 16.5. The van der Waals surface area contributed by atoms with Crippen molar-refractivity contribution in [3.8, 4) is 0 Å². The van der Waals surface area contributed by atoms with Crippen LogP contribution in [0, 0.1) is 27.7 Å². The molecule has 0 aromatic heterocycles. The standard InChI is InChI=1S/C18H26ClNO4S.C8H8Cl2O2S/c1-4-24-18(21)9-8-15-7-5-6-10-20(15)25(22,23)17-12-13(2)16(19)11-14(17)3;1-5-4-8(13(10,11)12)6(2)3-7(5)9/h11-12,15H,4-10H2,1-3H3;3-4H,1-2H3. The van der Waals surface area contributed by atoms with E-state index in [2.05, 4.69) is 0 Å². The number of benzene rings is 2. The number of carbonyl (C=O) groups is 1. The van der Waals surface area contributed by atoms with Crippen LogP contribution in [0.1, 0.15) is 61.3 Å². The summed E-state index contributed by atoms with van der Waals surface area (Å²) >= 11 is 11.9. The Labute approximate surface area is 240 Å². The van der Waals surface area contributed by atoms with Crippen molar-refractivity contribution in [3.63, 3.8) is 0 Å². The maximum atomic E-state index is 13.2. The Morgan fingerprint density at radius 3 is 1.95 bits per heavy atom. The van der Waals surface area contributed by atoms with Gasteiger partial charge in [-0.3, -0.25) is 4.79 Å². The molecule has 1 fully saturated rings. The molecule has 0 radical (unpaired) electrons. The molecule has 0 spiro atoms. The highest BCUT2D eigenvalue weighted by Crippen LogP contribution is 2.32. The van der Waals surface area contributed by atoms with Crippen LogP contribution in [0.15, 0.2) is 34.1 Å². The first-order valence-electron chi connectivity index (χ1n) is 12.2. The molecule has 1 saturated heterocycles. The number of halogens is 3. The SMILES string of the molecule is CCOC(=O)CCC1CCCCN1S(=O)(=O)c1cc(C)c(Cl)cc1C.Cc1cc(S(=O)(=O)Cl)c(C)cc1Cl. The van der Waals surface area contributed by atoms with Gasteiger partial charge in [0.25, 0.3) is 9.05 Å². The van der Waals surface area contributed by atoms with Crippen LogP contribution in [0.3, 0.4) is 0 Å². The van der Waals surface area contributed by atoms with E-state index in [1.165, 1.54) is 6.07 Å². The second kappa shape index (κ2) is 13.8. The number of sulfonamides is 1. The number of ether oxygens (including phenoxy) is 1. The third-order valence-corrected chi connectivity index (χ3v) is 10.7. The van der Waals surface area contributed by atoms with Crippen LogP contribution >= 0.6 is 33.9 Å². The lowest BCUT2D eigenvalue weighted by molar-refractivity contribution is -0.143. The fourth-order valence-corrected chi connectivity index (χ4v) is 7.99. The van der Waals surface area contributed by atoms with Crippen LogP contribution in [0.4, 0.5) is 0 Å². The van der Waals surface area contributed by atoms with Crippen LogP contribution in [0.5, 0.6) is 0 Å². The first kappa shape index (κ1) is 32.8. The zero-order valence-corrected chi connectivity index (χ0v) is 26.1. The fourth-order valence-electron chi connectivity index (χ4n) is 4.27. The number of hydrogen-bond acceptors (Lipinski definition) is 6. The first-order valence-corrected chi connectivity index (χ1v) is 16.8. The van der Waals surface area contributed by atoms with Gasteiger partial charge in [0, 0.05) is 39.7 Å². The summed E-state index contributed by atoms with van der Waals surface area (Å²) in [6.07, 6.45) is 3.30. The van der Waals surface area contributed by atoms with Gasteiger partial charge in [-0.25, -0.2) is 16.8 Å². The van der Waals surface area contributed by atoms with Crippen LogP contribution < -0.4 is 0 Å². The molecule has 2 aromatic carbocycles. The van der Waals surface area contributed by atoms with Gasteiger partial charge < -0.3 is 4.74 Å². The molecule has 2 aromatic rings. The molecule has 1 heterocycles. The Morgan fingerprint density at radius 2 is 1.42 bits per heavy atom. The lowest BCUT2D eigenvalue weighted by Gasteiger charge is -2.35. The molecular weight excluding hydrogens is 593 g/mol. The van der Waals surface area contributed by atoms with Gasteiger partial charge in [-0.2, -0.15) is 4.31 Å². The zero-order chi connectivity index (χ0) is 28.8. The van der Waals surface area contributed by atoms with Gasteiger partial charge in [0.15, 0.2) is 0 Å². The average molecular weight is 627 g/mol. The smallest absolute Gasteiger partial charge is 0.305 e. The summed E-state index contributed by atoms with van der Waals surface area (Å²) in [6, 6.07) is 6.23. The monoisotopic (exact) mass is 625 g/mol.